The van der Waals surface area contributed by atoms with E-state index < -0.39 is 0 Å². The molecule has 0 aliphatic carbocycles. The number of carbonyl (C=O) groups excluding carboxylic acids is 1. The minimum absolute atomic E-state index is 0. The van der Waals surface area contributed by atoms with Gasteiger partial charge in [-0.25, -0.2) is 0 Å². The van der Waals surface area contributed by atoms with E-state index in [0.29, 0.717) is 13.2 Å². The Bertz CT molecular complexity index is 430. The number of ether oxygens (including phenoxy) is 1. The third-order valence-corrected chi connectivity index (χ3v) is 5.22. The molecule has 0 saturated carbocycles. The maximum Gasteiger partial charge on any atom is 0.261 e. The van der Waals surface area contributed by atoms with E-state index in [1.807, 2.05) is 11.4 Å². The number of amides is 1. The molecule has 0 radical (unpaired) electrons. The Morgan fingerprint density at radius 2 is 2.25 bits per heavy atom. The Morgan fingerprint density at radius 3 is 2.80 bits per heavy atom. The Morgan fingerprint density at radius 1 is 1.55 bits per heavy atom. The third kappa shape index (κ3) is 4.70. The van der Waals surface area contributed by atoms with Crippen molar-refractivity contribution in [3.05, 3.63) is 20.8 Å². The number of rotatable bonds is 5. The minimum Gasteiger partial charge on any atom is -0.384 e. The van der Waals surface area contributed by atoms with E-state index in [1.165, 1.54) is 11.3 Å². The van der Waals surface area contributed by atoms with E-state index in [-0.39, 0.29) is 23.7 Å². The van der Waals surface area contributed by atoms with Crippen molar-refractivity contribution in [2.45, 2.75) is 12.8 Å². The lowest BCUT2D eigenvalue weighted by Crippen LogP contribution is -2.47. The monoisotopic (exact) mass is 382 g/mol. The van der Waals surface area contributed by atoms with Gasteiger partial charge in [-0.05, 0) is 47.9 Å². The number of piperidine rings is 1. The normalized spacial score (nSPS) is 17.3. The summed E-state index contributed by atoms with van der Waals surface area (Å²) < 4.78 is 6.30. The molecule has 1 saturated heterocycles. The molecule has 0 unspecified atom stereocenters. The topological polar surface area (TPSA) is 50.4 Å². The average Bonchev–Trinajstić information content (AvgIpc) is 2.84. The van der Waals surface area contributed by atoms with Gasteiger partial charge in [-0.3, -0.25) is 4.79 Å². The highest BCUT2D eigenvalue weighted by Gasteiger charge is 2.32. The van der Waals surface area contributed by atoms with Gasteiger partial charge in [0.05, 0.1) is 11.5 Å². The molecule has 2 N–H and O–H groups in total. The Balaban J connectivity index is 0.00000200. The van der Waals surface area contributed by atoms with E-state index in [4.69, 9.17) is 4.74 Å². The number of halogens is 2. The quantitative estimate of drug-likeness (QED) is 0.822. The first-order valence-corrected chi connectivity index (χ1v) is 8.04. The van der Waals surface area contributed by atoms with E-state index in [0.717, 1.165) is 35.3 Å². The maximum absolute atomic E-state index is 12.1. The van der Waals surface area contributed by atoms with Crippen LogP contribution in [-0.2, 0) is 4.74 Å². The average molecular weight is 384 g/mol. The van der Waals surface area contributed by atoms with Crippen molar-refractivity contribution in [1.29, 1.82) is 0 Å². The predicted octanol–water partition coefficient (Wildman–Crippen LogP) is 2.68. The van der Waals surface area contributed by atoms with Gasteiger partial charge >= 0.3 is 0 Å². The molecule has 0 spiro atoms. The smallest absolute Gasteiger partial charge is 0.261 e. The van der Waals surface area contributed by atoms with E-state index in [9.17, 15) is 4.79 Å². The lowest BCUT2D eigenvalue weighted by Gasteiger charge is -2.37. The lowest BCUT2D eigenvalue weighted by molar-refractivity contribution is 0.0512. The van der Waals surface area contributed by atoms with Gasteiger partial charge in [-0.15, -0.1) is 23.7 Å². The lowest BCUT2D eigenvalue weighted by atomic mass is 9.79. The fourth-order valence-corrected chi connectivity index (χ4v) is 3.77. The molecule has 7 heteroatoms. The highest BCUT2D eigenvalue weighted by atomic mass is 79.9. The van der Waals surface area contributed by atoms with Crippen LogP contribution in [0.2, 0.25) is 0 Å². The molecule has 4 nitrogen and oxygen atoms in total. The van der Waals surface area contributed by atoms with Gasteiger partial charge in [0.15, 0.2) is 0 Å². The standard InChI is InChI=1S/C13H19BrN2O2S.ClH/c1-18-9-13(2-4-15-5-3-13)8-16-12(17)11-6-10(14)7-19-11;/h6-7,15H,2-5,8-9H2,1H3,(H,16,17);1H. The van der Waals surface area contributed by atoms with Gasteiger partial charge in [0.1, 0.15) is 0 Å². The summed E-state index contributed by atoms with van der Waals surface area (Å²) >= 11 is 4.82. The summed E-state index contributed by atoms with van der Waals surface area (Å²) in [7, 11) is 1.72. The van der Waals surface area contributed by atoms with Crippen LogP contribution in [0.25, 0.3) is 0 Å². The number of nitrogens with one attached hydrogen (secondary N) is 2. The molecule has 0 atom stereocenters. The fourth-order valence-electron chi connectivity index (χ4n) is 2.42. The highest BCUT2D eigenvalue weighted by molar-refractivity contribution is 9.10. The first-order valence-electron chi connectivity index (χ1n) is 6.37. The molecule has 0 bridgehead atoms. The minimum atomic E-state index is 0. The van der Waals surface area contributed by atoms with Gasteiger partial charge in [0.2, 0.25) is 0 Å². The number of hydrogen-bond donors (Lipinski definition) is 2. The Hall–Kier alpha value is -0.140. The zero-order chi connectivity index (χ0) is 13.7. The van der Waals surface area contributed by atoms with Crippen LogP contribution in [-0.4, -0.2) is 39.3 Å². The number of methoxy groups -OCH3 is 1. The van der Waals surface area contributed by atoms with Gasteiger partial charge < -0.3 is 15.4 Å². The molecule has 114 valence electrons. The van der Waals surface area contributed by atoms with Crippen LogP contribution in [0.1, 0.15) is 22.5 Å². The first kappa shape index (κ1) is 17.9. The first-order chi connectivity index (χ1) is 9.15. The van der Waals surface area contributed by atoms with Crippen molar-refractivity contribution in [3.63, 3.8) is 0 Å². The zero-order valence-corrected chi connectivity index (χ0v) is 14.6. The van der Waals surface area contributed by atoms with E-state index >= 15 is 0 Å². The summed E-state index contributed by atoms with van der Waals surface area (Å²) in [6.07, 6.45) is 2.07. The van der Waals surface area contributed by atoms with Gasteiger partial charge in [0.25, 0.3) is 5.91 Å². The maximum atomic E-state index is 12.1. The third-order valence-electron chi connectivity index (χ3n) is 3.53. The molecule has 1 aliphatic heterocycles. The largest absolute Gasteiger partial charge is 0.384 e. The fraction of sp³-hybridized carbons (Fsp3) is 0.615. The van der Waals surface area contributed by atoms with Crippen LogP contribution in [0.3, 0.4) is 0 Å². The molecular weight excluding hydrogens is 364 g/mol. The number of thiophene rings is 1. The van der Waals surface area contributed by atoms with Crippen molar-refractivity contribution in [1.82, 2.24) is 10.6 Å². The number of carbonyl (C=O) groups is 1. The van der Waals surface area contributed by atoms with Gasteiger partial charge in [-0.2, -0.15) is 0 Å². The molecule has 1 aromatic heterocycles. The second-order valence-electron chi connectivity index (χ2n) is 4.99. The molecule has 2 heterocycles. The van der Waals surface area contributed by atoms with E-state index in [2.05, 4.69) is 26.6 Å². The summed E-state index contributed by atoms with van der Waals surface area (Å²) in [6, 6.07) is 1.85. The Labute approximate surface area is 138 Å². The second-order valence-corrected chi connectivity index (χ2v) is 6.82. The van der Waals surface area contributed by atoms with Crippen molar-refractivity contribution < 1.29 is 9.53 Å². The van der Waals surface area contributed by atoms with Crippen molar-refractivity contribution >= 4 is 45.6 Å². The summed E-state index contributed by atoms with van der Waals surface area (Å²) in [6.45, 7) is 3.35. The molecule has 1 amide bonds. The number of hydrogen-bond acceptors (Lipinski definition) is 4. The summed E-state index contributed by atoms with van der Waals surface area (Å²) in [5.74, 6) is 0.00436. The Kier molecular flexibility index (Phi) is 7.47. The van der Waals surface area contributed by atoms with Crippen LogP contribution < -0.4 is 10.6 Å². The van der Waals surface area contributed by atoms with Crippen molar-refractivity contribution in [2.24, 2.45) is 5.41 Å². The summed E-state index contributed by atoms with van der Waals surface area (Å²) in [5, 5.41) is 8.32. The second kappa shape index (κ2) is 8.34. The van der Waals surface area contributed by atoms with Crippen molar-refractivity contribution in [2.75, 3.05) is 33.4 Å². The van der Waals surface area contributed by atoms with Gasteiger partial charge in [0, 0.05) is 28.9 Å². The molecule has 1 fully saturated rings. The summed E-state index contributed by atoms with van der Waals surface area (Å²) in [5.41, 5.74) is 0.0736. The van der Waals surface area contributed by atoms with Crippen molar-refractivity contribution in [3.8, 4) is 0 Å². The van der Waals surface area contributed by atoms with Crippen LogP contribution in [0.4, 0.5) is 0 Å². The zero-order valence-electron chi connectivity index (χ0n) is 11.4. The van der Waals surface area contributed by atoms with E-state index in [1.54, 1.807) is 7.11 Å². The molecule has 0 aromatic carbocycles. The van der Waals surface area contributed by atoms with Crippen LogP contribution in [0, 0.1) is 5.41 Å². The van der Waals surface area contributed by atoms with Crippen LogP contribution in [0.5, 0.6) is 0 Å². The van der Waals surface area contributed by atoms with Gasteiger partial charge in [-0.1, -0.05) is 0 Å². The SMILES string of the molecule is COCC1(CNC(=O)c2cc(Br)cs2)CCNCC1.Cl. The van der Waals surface area contributed by atoms with Crippen LogP contribution in [0.15, 0.2) is 15.9 Å². The predicted molar refractivity (Wildman–Crippen MR) is 88.0 cm³/mol. The molecule has 1 aromatic rings. The molecular formula is C13H20BrClN2O2S. The molecule has 20 heavy (non-hydrogen) atoms. The molecule has 2 rings (SSSR count). The summed E-state index contributed by atoms with van der Waals surface area (Å²) in [4.78, 5) is 12.8. The highest BCUT2D eigenvalue weighted by Crippen LogP contribution is 2.28. The van der Waals surface area contributed by atoms with Crippen LogP contribution >= 0.6 is 39.7 Å². The molecule has 1 aliphatic rings.